The molecule has 0 spiro atoms. The van der Waals surface area contributed by atoms with E-state index in [9.17, 15) is 14.9 Å². The number of carbonyl (C=O) groups excluding carboxylic acids is 1. The third-order valence-electron chi connectivity index (χ3n) is 7.14. The predicted molar refractivity (Wildman–Crippen MR) is 146 cm³/mol. The average molecular weight is 538 g/mol. The third-order valence-corrected chi connectivity index (χ3v) is 7.14. The molecule has 0 aliphatic carbocycles. The molecule has 12 heteroatoms. The minimum atomic E-state index is -1.15. The molecule has 4 rings (SSSR count). The number of unbranched alkanes of at least 4 members (excludes halogenated alkanes) is 1. The second-order valence-electron chi connectivity index (χ2n) is 9.57. The molecule has 2 N–H and O–H groups in total. The van der Waals surface area contributed by atoms with E-state index in [4.69, 9.17) is 15.2 Å². The van der Waals surface area contributed by atoms with Gasteiger partial charge in [0.15, 0.2) is 6.23 Å². The van der Waals surface area contributed by atoms with Crippen LogP contribution < -0.4 is 15.4 Å². The first kappa shape index (κ1) is 28.0. The van der Waals surface area contributed by atoms with Crippen LogP contribution in [0.1, 0.15) is 44.6 Å². The number of nitro groups is 1. The number of aliphatic imine (C=N–C) groups is 1. The van der Waals surface area contributed by atoms with E-state index in [2.05, 4.69) is 31.7 Å². The Bertz CT molecular complexity index is 1230. The van der Waals surface area contributed by atoms with Crippen molar-refractivity contribution in [2.24, 2.45) is 16.6 Å². The van der Waals surface area contributed by atoms with Gasteiger partial charge in [-0.05, 0) is 31.9 Å². The van der Waals surface area contributed by atoms with E-state index in [-0.39, 0.29) is 23.5 Å². The molecule has 1 aromatic heterocycles. The van der Waals surface area contributed by atoms with Crippen LogP contribution in [0.3, 0.4) is 0 Å². The molecule has 0 amide bonds. The maximum atomic E-state index is 12.8. The number of methoxy groups -OCH3 is 1. The number of para-hydroxylation sites is 1. The highest BCUT2D eigenvalue weighted by Crippen LogP contribution is 2.42. The number of allylic oxidation sites excluding steroid dienone is 2. The van der Waals surface area contributed by atoms with Gasteiger partial charge in [-0.2, -0.15) is 0 Å². The zero-order chi connectivity index (χ0) is 27.9. The zero-order valence-corrected chi connectivity index (χ0v) is 22.5. The summed E-state index contributed by atoms with van der Waals surface area (Å²) in [6, 6.07) is 8.91. The van der Waals surface area contributed by atoms with E-state index in [0.29, 0.717) is 17.3 Å². The van der Waals surface area contributed by atoms with Gasteiger partial charge < -0.3 is 20.1 Å². The minimum absolute atomic E-state index is 0.0217. The van der Waals surface area contributed by atoms with Crippen molar-refractivity contribution in [2.75, 3.05) is 38.2 Å². The summed E-state index contributed by atoms with van der Waals surface area (Å²) >= 11 is 0. The molecule has 2 aliphatic rings. The SMILES string of the molecule is CCCCC(Oc1ccccc1C1C([N+](=O)[O-])=C(C)N=C(N)C1C(=O)OC)N1CCN(c2ncccn2)CC1. The smallest absolute Gasteiger partial charge is 0.317 e. The quantitative estimate of drug-likeness (QED) is 0.272. The van der Waals surface area contributed by atoms with E-state index in [1.54, 1.807) is 36.7 Å². The van der Waals surface area contributed by atoms with Gasteiger partial charge in [-0.15, -0.1) is 0 Å². The lowest BCUT2D eigenvalue weighted by Crippen LogP contribution is -2.52. The molecule has 39 heavy (non-hydrogen) atoms. The Balaban J connectivity index is 1.64. The molecule has 1 aromatic carbocycles. The number of aromatic nitrogens is 2. The first-order chi connectivity index (χ1) is 18.8. The average Bonchev–Trinajstić information content (AvgIpc) is 2.95. The van der Waals surface area contributed by atoms with Gasteiger partial charge in [0.05, 0.1) is 12.0 Å². The van der Waals surface area contributed by atoms with E-state index >= 15 is 0 Å². The number of esters is 1. The normalized spacial score (nSPS) is 20.8. The number of amidine groups is 1. The first-order valence-corrected chi connectivity index (χ1v) is 13.1. The number of rotatable bonds is 10. The number of nitrogens with two attached hydrogens (primary N) is 1. The van der Waals surface area contributed by atoms with Crippen LogP contribution >= 0.6 is 0 Å². The highest BCUT2D eigenvalue weighted by atomic mass is 16.6. The Morgan fingerprint density at radius 2 is 1.87 bits per heavy atom. The number of carbonyl (C=O) groups is 1. The van der Waals surface area contributed by atoms with Gasteiger partial charge in [-0.25, -0.2) is 15.0 Å². The van der Waals surface area contributed by atoms with Gasteiger partial charge in [0, 0.05) is 44.1 Å². The van der Waals surface area contributed by atoms with Crippen molar-refractivity contribution in [3.63, 3.8) is 0 Å². The van der Waals surface area contributed by atoms with Gasteiger partial charge in [0.2, 0.25) is 5.95 Å². The maximum absolute atomic E-state index is 12.8. The lowest BCUT2D eigenvalue weighted by atomic mass is 9.80. The minimum Gasteiger partial charge on any atom is -0.475 e. The van der Waals surface area contributed by atoms with Gasteiger partial charge >= 0.3 is 5.97 Å². The van der Waals surface area contributed by atoms with Crippen molar-refractivity contribution in [3.05, 3.63) is 69.8 Å². The molecule has 208 valence electrons. The van der Waals surface area contributed by atoms with Gasteiger partial charge in [-0.1, -0.05) is 31.5 Å². The number of hydrogen-bond donors (Lipinski definition) is 1. The highest BCUT2D eigenvalue weighted by Gasteiger charge is 2.47. The van der Waals surface area contributed by atoms with Crippen LogP contribution in [-0.4, -0.2) is 71.1 Å². The summed E-state index contributed by atoms with van der Waals surface area (Å²) < 4.78 is 11.6. The van der Waals surface area contributed by atoms with Crippen LogP contribution in [0.4, 0.5) is 5.95 Å². The van der Waals surface area contributed by atoms with Crippen molar-refractivity contribution in [1.82, 2.24) is 14.9 Å². The van der Waals surface area contributed by atoms with Crippen LogP contribution in [0.15, 0.2) is 59.1 Å². The standard InChI is InChI=1S/C27H35N7O5/c1-4-5-11-21(32-14-16-33(17-15-32)27-29-12-8-13-30-27)39-20-10-7-6-9-19(20)22-23(26(35)38-3)25(28)31-18(2)24(22)34(36)37/h6-10,12-13,21-23H,4-5,11,14-17H2,1-3H3,(H2,28,31). The number of anilines is 1. The van der Waals surface area contributed by atoms with E-state index < -0.39 is 22.7 Å². The predicted octanol–water partition coefficient (Wildman–Crippen LogP) is 2.95. The van der Waals surface area contributed by atoms with Gasteiger partial charge in [0.1, 0.15) is 29.1 Å². The number of ether oxygens (including phenoxy) is 2. The molecule has 1 saturated heterocycles. The molecule has 3 atom stereocenters. The van der Waals surface area contributed by atoms with Crippen LogP contribution in [0.2, 0.25) is 0 Å². The van der Waals surface area contributed by atoms with Crippen LogP contribution in [-0.2, 0) is 9.53 Å². The fraction of sp³-hybridized carbons (Fsp3) is 0.481. The Kier molecular flexibility index (Phi) is 9.07. The maximum Gasteiger partial charge on any atom is 0.317 e. The molecule has 3 heterocycles. The van der Waals surface area contributed by atoms with Crippen LogP contribution in [0.25, 0.3) is 0 Å². The first-order valence-electron chi connectivity index (χ1n) is 13.1. The van der Waals surface area contributed by atoms with Crippen LogP contribution in [0.5, 0.6) is 5.75 Å². The molecule has 0 radical (unpaired) electrons. The molecule has 2 aliphatic heterocycles. The Morgan fingerprint density at radius 1 is 1.18 bits per heavy atom. The Labute approximate surface area is 227 Å². The molecule has 0 bridgehead atoms. The molecular weight excluding hydrogens is 502 g/mol. The summed E-state index contributed by atoms with van der Waals surface area (Å²) in [5.41, 5.74) is 6.61. The summed E-state index contributed by atoms with van der Waals surface area (Å²) in [4.78, 5) is 41.8. The number of piperazine rings is 1. The second-order valence-corrected chi connectivity index (χ2v) is 9.57. The Hall–Kier alpha value is -4.06. The van der Waals surface area contributed by atoms with Crippen molar-refractivity contribution >= 4 is 17.8 Å². The molecule has 1 fully saturated rings. The van der Waals surface area contributed by atoms with Crippen molar-refractivity contribution in [3.8, 4) is 5.75 Å². The zero-order valence-electron chi connectivity index (χ0n) is 22.5. The summed E-state index contributed by atoms with van der Waals surface area (Å²) in [7, 11) is 1.23. The number of benzene rings is 1. The molecule has 2 aromatic rings. The lowest BCUT2D eigenvalue weighted by Gasteiger charge is -2.39. The Morgan fingerprint density at radius 3 is 2.51 bits per heavy atom. The summed E-state index contributed by atoms with van der Waals surface area (Å²) in [5, 5.41) is 12.2. The van der Waals surface area contributed by atoms with Gasteiger partial charge in [-0.3, -0.25) is 19.8 Å². The fourth-order valence-corrected chi connectivity index (χ4v) is 5.18. The summed E-state index contributed by atoms with van der Waals surface area (Å²) in [5.74, 6) is -1.70. The number of hydrogen-bond acceptors (Lipinski definition) is 11. The van der Waals surface area contributed by atoms with Crippen molar-refractivity contribution in [1.29, 1.82) is 0 Å². The monoisotopic (exact) mass is 537 g/mol. The van der Waals surface area contributed by atoms with Gasteiger partial charge in [0.25, 0.3) is 5.70 Å². The van der Waals surface area contributed by atoms with E-state index in [0.717, 1.165) is 45.4 Å². The molecular formula is C27H35N7O5. The largest absolute Gasteiger partial charge is 0.475 e. The molecule has 3 unspecified atom stereocenters. The molecule has 0 saturated carbocycles. The fourth-order valence-electron chi connectivity index (χ4n) is 5.18. The topological polar surface area (TPSA) is 149 Å². The second kappa shape index (κ2) is 12.7. The van der Waals surface area contributed by atoms with Crippen LogP contribution in [0, 0.1) is 16.0 Å². The van der Waals surface area contributed by atoms with Crippen molar-refractivity contribution < 1.29 is 19.2 Å². The highest BCUT2D eigenvalue weighted by molar-refractivity contribution is 6.02. The van der Waals surface area contributed by atoms with E-state index in [1.165, 1.54) is 14.0 Å². The third kappa shape index (κ3) is 6.17. The van der Waals surface area contributed by atoms with Crippen molar-refractivity contribution in [2.45, 2.75) is 45.3 Å². The van der Waals surface area contributed by atoms with E-state index in [1.807, 2.05) is 6.07 Å². The summed E-state index contributed by atoms with van der Waals surface area (Å²) in [6.07, 6.45) is 5.92. The molecule has 12 nitrogen and oxygen atoms in total. The summed E-state index contributed by atoms with van der Waals surface area (Å²) in [6.45, 7) is 6.60. The lowest BCUT2D eigenvalue weighted by molar-refractivity contribution is -0.432. The number of nitrogens with zero attached hydrogens (tertiary/aromatic N) is 6.